The Morgan fingerprint density at radius 3 is 1.69 bits per heavy atom. The molecule has 3 heteroatoms. The molecule has 2 aliphatic carbocycles. The van der Waals surface area contributed by atoms with Gasteiger partial charge in [-0.05, 0) is 99.0 Å². The summed E-state index contributed by atoms with van der Waals surface area (Å²) in [6, 6.07) is 76.1. The molecule has 3 aliphatic rings. The van der Waals surface area contributed by atoms with E-state index in [1.807, 2.05) is 0 Å². The maximum absolute atomic E-state index is 7.32. The zero-order valence-corrected chi connectivity index (χ0v) is 34.6. The molecule has 0 atom stereocenters. The average molecular weight is 795 g/mol. The van der Waals surface area contributed by atoms with Gasteiger partial charge in [0.15, 0.2) is 11.5 Å². The van der Waals surface area contributed by atoms with Crippen LogP contribution in [0.4, 0.5) is 17.1 Å². The second kappa shape index (κ2) is 12.9. The molecule has 13 rings (SSSR count). The predicted octanol–water partition coefficient (Wildman–Crippen LogP) is 15.0. The van der Waals surface area contributed by atoms with E-state index >= 15 is 0 Å². The largest absolute Gasteiger partial charge is 0.453 e. The van der Waals surface area contributed by atoms with Crippen molar-refractivity contribution in [3.05, 3.63) is 251 Å². The van der Waals surface area contributed by atoms with E-state index in [4.69, 9.17) is 4.74 Å². The van der Waals surface area contributed by atoms with Crippen molar-refractivity contribution in [1.29, 1.82) is 0 Å². The van der Waals surface area contributed by atoms with Gasteiger partial charge in [-0.25, -0.2) is 0 Å². The van der Waals surface area contributed by atoms with E-state index in [9.17, 15) is 0 Å². The van der Waals surface area contributed by atoms with Gasteiger partial charge in [0.05, 0.1) is 33.5 Å². The molecular weight excluding hydrogens is 753 g/mol. The van der Waals surface area contributed by atoms with Gasteiger partial charge in [-0.2, -0.15) is 0 Å². The predicted molar refractivity (Wildman–Crippen MR) is 254 cm³/mol. The van der Waals surface area contributed by atoms with Gasteiger partial charge in [0.2, 0.25) is 0 Å². The minimum atomic E-state index is -0.486. The third-order valence-corrected chi connectivity index (χ3v) is 14.1. The number of nitrogens with zero attached hydrogens (tertiary/aromatic N) is 2. The minimum Gasteiger partial charge on any atom is -0.453 e. The summed E-state index contributed by atoms with van der Waals surface area (Å²) in [6.07, 6.45) is 0.918. The van der Waals surface area contributed by atoms with Gasteiger partial charge in [-0.15, -0.1) is 0 Å². The molecule has 0 N–H and O–H groups in total. The first-order chi connectivity index (χ1) is 30.5. The maximum atomic E-state index is 7.32. The van der Waals surface area contributed by atoms with Crippen molar-refractivity contribution in [3.63, 3.8) is 0 Å². The van der Waals surface area contributed by atoms with Gasteiger partial charge in [-0.1, -0.05) is 172 Å². The molecule has 294 valence electrons. The summed E-state index contributed by atoms with van der Waals surface area (Å²) in [5.41, 5.74) is 18.8. The third kappa shape index (κ3) is 4.71. The number of hydrogen-bond acceptors (Lipinski definition) is 2. The van der Waals surface area contributed by atoms with Crippen LogP contribution in [0.1, 0.15) is 58.4 Å². The van der Waals surface area contributed by atoms with E-state index < -0.39 is 5.41 Å². The summed E-state index contributed by atoms with van der Waals surface area (Å²) in [6.45, 7) is 4.68. The second-order valence-electron chi connectivity index (χ2n) is 17.6. The van der Waals surface area contributed by atoms with Crippen LogP contribution in [-0.2, 0) is 17.3 Å². The van der Waals surface area contributed by atoms with E-state index in [1.54, 1.807) is 0 Å². The van der Waals surface area contributed by atoms with Crippen LogP contribution in [0.15, 0.2) is 206 Å². The minimum absolute atomic E-state index is 0.265. The van der Waals surface area contributed by atoms with Crippen molar-refractivity contribution in [3.8, 4) is 28.3 Å². The molecule has 0 radical (unpaired) electrons. The molecule has 3 nitrogen and oxygen atoms in total. The molecule has 0 saturated carbocycles. The van der Waals surface area contributed by atoms with Crippen molar-refractivity contribution in [2.24, 2.45) is 0 Å². The number of anilines is 3. The first-order valence-electron chi connectivity index (χ1n) is 21.7. The fourth-order valence-electron chi connectivity index (χ4n) is 11.5. The number of aromatic nitrogens is 1. The van der Waals surface area contributed by atoms with E-state index in [-0.39, 0.29) is 5.41 Å². The molecule has 0 fully saturated rings. The smallest absolute Gasteiger partial charge is 0.156 e. The molecule has 0 saturated heterocycles. The molecule has 0 amide bonds. The summed E-state index contributed by atoms with van der Waals surface area (Å²) in [5, 5.41) is 2.48. The molecule has 0 unspecified atom stereocenters. The Hall–Kier alpha value is -7.62. The van der Waals surface area contributed by atoms with Gasteiger partial charge in [0, 0.05) is 33.5 Å². The quantitative estimate of drug-likeness (QED) is 0.177. The molecule has 10 aromatic rings. The lowest BCUT2D eigenvalue weighted by atomic mass is 9.60. The SMILES string of the molecule is CC1(C)c2ccccc2-c2ccc3c(c21)Oc1cc(-n2c4ccccc4c4ccccc42)ccc1N3c1ccc(C2(c3ccccc3)c3ccccc3Cc3ccccc32)cc1. The Bertz CT molecular complexity index is 3350. The molecule has 2 heterocycles. The Morgan fingerprint density at radius 2 is 1.00 bits per heavy atom. The lowest BCUT2D eigenvalue weighted by molar-refractivity contribution is 0.459. The summed E-state index contributed by atoms with van der Waals surface area (Å²) >= 11 is 0. The highest BCUT2D eigenvalue weighted by Gasteiger charge is 2.45. The number of fused-ring (bicyclic) bond motifs is 11. The Morgan fingerprint density at radius 1 is 0.452 bits per heavy atom. The number of rotatable bonds is 4. The average Bonchev–Trinajstić information content (AvgIpc) is 3.78. The van der Waals surface area contributed by atoms with Crippen LogP contribution < -0.4 is 9.64 Å². The normalized spacial score (nSPS) is 14.9. The zero-order chi connectivity index (χ0) is 41.2. The second-order valence-corrected chi connectivity index (χ2v) is 17.6. The highest BCUT2D eigenvalue weighted by atomic mass is 16.5. The topological polar surface area (TPSA) is 17.4 Å². The molecule has 1 aliphatic heterocycles. The standard InChI is InChI=1S/C59H42N2O/c1-58(2)50-25-13-8-20-44(50)47-33-35-54-57(56(47)58)62-55-37-43(61-51-26-14-9-21-45(51)46-22-10-15-27-52(46)61)32-34-53(55)60(54)42-30-28-41(29-31-42)59(40-18-4-3-5-19-40)48-23-11-6-16-38(48)36-39-17-7-12-24-49(39)59/h3-35,37H,36H2,1-2H3. The van der Waals surface area contributed by atoms with E-state index in [0.717, 1.165) is 40.7 Å². The fraction of sp³-hybridized carbons (Fsp3) is 0.0847. The van der Waals surface area contributed by atoms with Crippen LogP contribution >= 0.6 is 0 Å². The van der Waals surface area contributed by atoms with E-state index in [2.05, 4.69) is 230 Å². The van der Waals surface area contributed by atoms with E-state index in [0.29, 0.717) is 0 Å². The van der Waals surface area contributed by atoms with E-state index in [1.165, 1.54) is 77.4 Å². The summed E-state index contributed by atoms with van der Waals surface area (Å²) in [4.78, 5) is 2.42. The summed E-state index contributed by atoms with van der Waals surface area (Å²) in [7, 11) is 0. The molecular formula is C59H42N2O. The van der Waals surface area contributed by atoms with Crippen LogP contribution in [0.5, 0.6) is 11.5 Å². The third-order valence-electron chi connectivity index (χ3n) is 14.1. The fourth-order valence-corrected chi connectivity index (χ4v) is 11.5. The lowest BCUT2D eigenvalue weighted by Crippen LogP contribution is -2.36. The first kappa shape index (κ1) is 35.2. The van der Waals surface area contributed by atoms with Crippen molar-refractivity contribution >= 4 is 38.9 Å². The molecule has 9 aromatic carbocycles. The van der Waals surface area contributed by atoms with Gasteiger partial charge in [0.1, 0.15) is 0 Å². The Labute approximate surface area is 361 Å². The lowest BCUT2D eigenvalue weighted by Gasteiger charge is -2.42. The van der Waals surface area contributed by atoms with Gasteiger partial charge < -0.3 is 14.2 Å². The highest BCUT2D eigenvalue weighted by molar-refractivity contribution is 6.09. The van der Waals surface area contributed by atoms with Crippen LogP contribution in [-0.4, -0.2) is 4.57 Å². The van der Waals surface area contributed by atoms with Crippen LogP contribution in [0.2, 0.25) is 0 Å². The van der Waals surface area contributed by atoms with Crippen LogP contribution in [0, 0.1) is 0 Å². The van der Waals surface area contributed by atoms with Crippen molar-refractivity contribution in [1.82, 2.24) is 4.57 Å². The maximum Gasteiger partial charge on any atom is 0.156 e. The van der Waals surface area contributed by atoms with Crippen molar-refractivity contribution in [2.75, 3.05) is 4.90 Å². The molecule has 0 bridgehead atoms. The van der Waals surface area contributed by atoms with Crippen LogP contribution in [0.25, 0.3) is 38.6 Å². The van der Waals surface area contributed by atoms with Crippen molar-refractivity contribution in [2.45, 2.75) is 31.1 Å². The summed E-state index contributed by atoms with van der Waals surface area (Å²) < 4.78 is 9.69. The number of hydrogen-bond donors (Lipinski definition) is 0. The highest BCUT2D eigenvalue weighted by Crippen LogP contribution is 2.60. The van der Waals surface area contributed by atoms with Crippen LogP contribution in [0.3, 0.4) is 0 Å². The summed E-state index contributed by atoms with van der Waals surface area (Å²) in [5.74, 6) is 1.74. The monoisotopic (exact) mass is 794 g/mol. The van der Waals surface area contributed by atoms with Gasteiger partial charge in [-0.3, -0.25) is 0 Å². The van der Waals surface area contributed by atoms with Gasteiger partial charge in [0.25, 0.3) is 0 Å². The Balaban J connectivity index is 1.03. The number of ether oxygens (including phenoxy) is 1. The molecule has 0 spiro atoms. The number of para-hydroxylation sites is 2. The molecule has 1 aromatic heterocycles. The Kier molecular flexibility index (Phi) is 7.34. The van der Waals surface area contributed by atoms with Gasteiger partial charge >= 0.3 is 0 Å². The molecule has 62 heavy (non-hydrogen) atoms. The first-order valence-corrected chi connectivity index (χ1v) is 21.7. The zero-order valence-electron chi connectivity index (χ0n) is 34.6. The van der Waals surface area contributed by atoms with Crippen molar-refractivity contribution < 1.29 is 4.74 Å². The number of benzene rings is 9.